The van der Waals surface area contributed by atoms with Crippen LogP contribution in [0, 0.1) is 26.6 Å². The van der Waals surface area contributed by atoms with Crippen molar-refractivity contribution in [1.29, 1.82) is 0 Å². The highest BCUT2D eigenvalue weighted by molar-refractivity contribution is 5.82. The summed E-state index contributed by atoms with van der Waals surface area (Å²) in [7, 11) is 0. The second-order valence-electron chi connectivity index (χ2n) is 9.15. The number of rotatable bonds is 6. The van der Waals surface area contributed by atoms with Gasteiger partial charge in [-0.05, 0) is 79.1 Å². The molecule has 0 fully saturated rings. The summed E-state index contributed by atoms with van der Waals surface area (Å²) >= 11 is 0. The molecule has 4 nitrogen and oxygen atoms in total. The van der Waals surface area contributed by atoms with Crippen LogP contribution < -0.4 is 16.4 Å². The molecule has 0 bridgehead atoms. The van der Waals surface area contributed by atoms with Crippen LogP contribution in [0.5, 0.6) is 0 Å². The molecule has 3 aromatic rings. The quantitative estimate of drug-likeness (QED) is 0.506. The number of nitrogens with two attached hydrogens (primary N) is 1. The molecule has 2 atom stereocenters. The largest absolute Gasteiger partial charge is 0.385 e. The molecule has 0 radical (unpaired) electrons. The number of hydrogen-bond donors (Lipinski definition) is 3. The topological polar surface area (TPSA) is 67.2 Å². The first-order valence-electron chi connectivity index (χ1n) is 11.5. The molecule has 1 heterocycles. The lowest BCUT2D eigenvalue weighted by Crippen LogP contribution is -2.44. The van der Waals surface area contributed by atoms with Gasteiger partial charge in [0, 0.05) is 18.7 Å². The predicted molar refractivity (Wildman–Crippen MR) is 132 cm³/mol. The fourth-order valence-electron chi connectivity index (χ4n) is 4.81. The maximum absolute atomic E-state index is 14.1. The summed E-state index contributed by atoms with van der Waals surface area (Å²) in [5, 5.41) is 6.57. The van der Waals surface area contributed by atoms with Crippen molar-refractivity contribution in [2.24, 2.45) is 5.73 Å². The Morgan fingerprint density at radius 2 is 1.85 bits per heavy atom. The Hall–Kier alpha value is -3.18. The Balaban J connectivity index is 1.49. The smallest absolute Gasteiger partial charge is 0.237 e. The summed E-state index contributed by atoms with van der Waals surface area (Å²) in [5.41, 5.74) is 14.7. The average molecular weight is 446 g/mol. The van der Waals surface area contributed by atoms with Gasteiger partial charge in [-0.1, -0.05) is 48.0 Å². The normalized spacial score (nSPS) is 16.0. The molecule has 4 N–H and O–H groups in total. The van der Waals surface area contributed by atoms with E-state index in [1.165, 1.54) is 22.8 Å². The van der Waals surface area contributed by atoms with Gasteiger partial charge in [0.15, 0.2) is 0 Å². The number of carbonyl (C=O) groups is 1. The fraction of sp³-hybridized carbons (Fsp3) is 0.321. The Morgan fingerprint density at radius 3 is 2.58 bits per heavy atom. The van der Waals surface area contributed by atoms with Crippen molar-refractivity contribution in [1.82, 2.24) is 5.32 Å². The highest BCUT2D eigenvalue weighted by Crippen LogP contribution is 2.31. The Morgan fingerprint density at radius 1 is 1.12 bits per heavy atom. The summed E-state index contributed by atoms with van der Waals surface area (Å²) < 4.78 is 14.1. The third-order valence-electron chi connectivity index (χ3n) is 6.51. The lowest BCUT2D eigenvalue weighted by atomic mass is 9.92. The van der Waals surface area contributed by atoms with Gasteiger partial charge in [-0.2, -0.15) is 0 Å². The first-order valence-corrected chi connectivity index (χ1v) is 11.5. The summed E-state index contributed by atoms with van der Waals surface area (Å²) in [6.45, 7) is 6.99. The van der Waals surface area contributed by atoms with Gasteiger partial charge in [-0.3, -0.25) is 4.79 Å². The molecule has 0 spiro atoms. The number of fused-ring (bicyclic) bond motifs is 1. The number of carbonyl (C=O) groups excluding carboxylic acids is 1. The zero-order valence-electron chi connectivity index (χ0n) is 19.5. The third-order valence-corrected chi connectivity index (χ3v) is 6.51. The average Bonchev–Trinajstić information content (AvgIpc) is 2.78. The number of amides is 1. The molecule has 0 aliphatic carbocycles. The minimum absolute atomic E-state index is 0.124. The minimum atomic E-state index is -0.620. The van der Waals surface area contributed by atoms with Crippen LogP contribution in [0.2, 0.25) is 0 Å². The molecule has 0 unspecified atom stereocenters. The Labute approximate surface area is 195 Å². The van der Waals surface area contributed by atoms with Crippen molar-refractivity contribution < 1.29 is 9.18 Å². The molecule has 0 aromatic heterocycles. The molecule has 4 rings (SSSR count). The van der Waals surface area contributed by atoms with Crippen molar-refractivity contribution in [2.45, 2.75) is 52.1 Å². The molecular weight excluding hydrogens is 413 g/mol. The van der Waals surface area contributed by atoms with Gasteiger partial charge in [0.1, 0.15) is 5.82 Å². The van der Waals surface area contributed by atoms with E-state index >= 15 is 0 Å². The van der Waals surface area contributed by atoms with E-state index in [-0.39, 0.29) is 17.8 Å². The zero-order valence-corrected chi connectivity index (χ0v) is 19.5. The third kappa shape index (κ3) is 5.25. The highest BCUT2D eigenvalue weighted by Gasteiger charge is 2.25. The van der Waals surface area contributed by atoms with Crippen molar-refractivity contribution in [3.8, 4) is 0 Å². The van der Waals surface area contributed by atoms with Crippen LogP contribution in [-0.2, 0) is 17.6 Å². The van der Waals surface area contributed by atoms with Gasteiger partial charge in [0.2, 0.25) is 5.91 Å². The second-order valence-corrected chi connectivity index (χ2v) is 9.15. The van der Waals surface area contributed by atoms with Crippen LogP contribution in [0.15, 0.2) is 54.6 Å². The molecular formula is C28H32FN3O. The van der Waals surface area contributed by atoms with Gasteiger partial charge in [0.05, 0.1) is 12.1 Å². The first kappa shape index (κ1) is 23.0. The van der Waals surface area contributed by atoms with Crippen LogP contribution in [0.4, 0.5) is 10.1 Å². The molecule has 0 saturated heterocycles. The Bertz CT molecular complexity index is 1150. The molecule has 1 aliphatic rings. The molecule has 0 saturated carbocycles. The van der Waals surface area contributed by atoms with Crippen LogP contribution in [-0.4, -0.2) is 18.5 Å². The molecule has 172 valence electrons. The van der Waals surface area contributed by atoms with E-state index in [0.717, 1.165) is 35.3 Å². The monoisotopic (exact) mass is 445 g/mol. The highest BCUT2D eigenvalue weighted by atomic mass is 19.1. The number of hydrogen-bond acceptors (Lipinski definition) is 3. The summed E-state index contributed by atoms with van der Waals surface area (Å²) in [6, 6.07) is 16.5. The fourth-order valence-corrected chi connectivity index (χ4v) is 4.81. The van der Waals surface area contributed by atoms with Gasteiger partial charge in [-0.25, -0.2) is 4.39 Å². The van der Waals surface area contributed by atoms with Gasteiger partial charge in [-0.15, -0.1) is 0 Å². The van der Waals surface area contributed by atoms with Gasteiger partial charge >= 0.3 is 0 Å². The van der Waals surface area contributed by atoms with Crippen molar-refractivity contribution in [3.63, 3.8) is 0 Å². The van der Waals surface area contributed by atoms with E-state index in [2.05, 4.69) is 49.6 Å². The molecule has 3 aromatic carbocycles. The van der Waals surface area contributed by atoms with Crippen molar-refractivity contribution >= 4 is 11.6 Å². The van der Waals surface area contributed by atoms with E-state index in [1.807, 2.05) is 18.2 Å². The molecule has 1 aliphatic heterocycles. The molecule has 5 heteroatoms. The minimum Gasteiger partial charge on any atom is -0.385 e. The van der Waals surface area contributed by atoms with E-state index in [0.29, 0.717) is 18.4 Å². The lowest BCUT2D eigenvalue weighted by Gasteiger charge is -2.29. The van der Waals surface area contributed by atoms with E-state index in [9.17, 15) is 9.18 Å². The summed E-state index contributed by atoms with van der Waals surface area (Å²) in [6.07, 6.45) is 1.79. The van der Waals surface area contributed by atoms with E-state index < -0.39 is 6.04 Å². The standard InChI is InChI=1S/C28H32FN3O/c1-17-12-18(2)22(19(3)13-17)16-25(30)28(33)32-27-10-11-31-26-9-8-20(15-23(26)27)14-21-6-4-5-7-24(21)29/h4-9,12-13,15,25,27,31H,10-11,14,16,30H2,1-3H3,(H,32,33)/t25-,27+/m0/s1. The van der Waals surface area contributed by atoms with Crippen LogP contribution in [0.3, 0.4) is 0 Å². The number of anilines is 1. The number of aryl methyl sites for hydroxylation is 3. The Kier molecular flexibility index (Phi) is 6.80. The van der Waals surface area contributed by atoms with E-state index in [4.69, 9.17) is 5.73 Å². The lowest BCUT2D eigenvalue weighted by molar-refractivity contribution is -0.123. The second kappa shape index (κ2) is 9.75. The number of halogens is 1. The predicted octanol–water partition coefficient (Wildman–Crippen LogP) is 4.88. The van der Waals surface area contributed by atoms with Crippen LogP contribution >= 0.6 is 0 Å². The molecule has 1 amide bonds. The molecule has 33 heavy (non-hydrogen) atoms. The zero-order chi connectivity index (χ0) is 23.5. The maximum atomic E-state index is 14.1. The van der Waals surface area contributed by atoms with E-state index in [1.54, 1.807) is 12.1 Å². The van der Waals surface area contributed by atoms with Crippen molar-refractivity contribution in [3.05, 3.63) is 99.4 Å². The summed E-state index contributed by atoms with van der Waals surface area (Å²) in [5.74, 6) is -0.349. The van der Waals surface area contributed by atoms with Gasteiger partial charge < -0.3 is 16.4 Å². The maximum Gasteiger partial charge on any atom is 0.237 e. The SMILES string of the molecule is Cc1cc(C)c(C[C@H](N)C(=O)N[C@@H]2CCNc3ccc(Cc4ccccc4F)cc32)c(C)c1. The van der Waals surface area contributed by atoms with Crippen LogP contribution in [0.25, 0.3) is 0 Å². The van der Waals surface area contributed by atoms with Crippen molar-refractivity contribution in [2.75, 3.05) is 11.9 Å². The van der Waals surface area contributed by atoms with Gasteiger partial charge in [0.25, 0.3) is 0 Å². The van der Waals surface area contributed by atoms with Crippen LogP contribution in [0.1, 0.15) is 51.4 Å². The first-order chi connectivity index (χ1) is 15.8. The number of nitrogens with one attached hydrogen (secondary N) is 2. The number of benzene rings is 3. The summed E-state index contributed by atoms with van der Waals surface area (Å²) in [4.78, 5) is 13.0.